The van der Waals surface area contributed by atoms with Crippen LogP contribution in [0.4, 0.5) is 0 Å². The lowest BCUT2D eigenvalue weighted by Gasteiger charge is -2.37. The van der Waals surface area contributed by atoms with Gasteiger partial charge in [0.25, 0.3) is 0 Å². The molecule has 0 atom stereocenters. The average molecular weight is 312 g/mol. The molecular formula is C18H37N3O. The number of ether oxygens (including phenoxy) is 1. The highest BCUT2D eigenvalue weighted by molar-refractivity contribution is 4.78. The van der Waals surface area contributed by atoms with E-state index in [4.69, 9.17) is 4.74 Å². The highest BCUT2D eigenvalue weighted by Gasteiger charge is 2.25. The van der Waals surface area contributed by atoms with Crippen molar-refractivity contribution in [1.29, 1.82) is 0 Å². The van der Waals surface area contributed by atoms with Crippen LogP contribution in [-0.2, 0) is 4.74 Å². The van der Waals surface area contributed by atoms with Crippen molar-refractivity contribution < 1.29 is 4.74 Å². The highest BCUT2D eigenvalue weighted by Crippen LogP contribution is 2.21. The zero-order valence-corrected chi connectivity index (χ0v) is 15.2. The van der Waals surface area contributed by atoms with E-state index in [0.29, 0.717) is 18.2 Å². The first-order valence-corrected chi connectivity index (χ1v) is 9.36. The van der Waals surface area contributed by atoms with Gasteiger partial charge in [-0.25, -0.2) is 0 Å². The quantitative estimate of drug-likeness (QED) is 0.782. The molecule has 0 saturated carbocycles. The molecule has 0 aliphatic carbocycles. The summed E-state index contributed by atoms with van der Waals surface area (Å²) in [5.41, 5.74) is 0. The topological polar surface area (TPSA) is 27.7 Å². The van der Waals surface area contributed by atoms with Gasteiger partial charge in [-0.2, -0.15) is 0 Å². The summed E-state index contributed by atoms with van der Waals surface area (Å²) in [5.74, 6) is 0.779. The minimum atomic E-state index is 0.497. The highest BCUT2D eigenvalue weighted by atomic mass is 16.5. The number of nitrogens with zero attached hydrogens (tertiary/aromatic N) is 2. The van der Waals surface area contributed by atoms with Crippen molar-refractivity contribution in [2.45, 2.75) is 71.6 Å². The molecule has 2 rings (SSSR count). The first-order valence-electron chi connectivity index (χ1n) is 9.36. The lowest BCUT2D eigenvalue weighted by atomic mass is 10.0. The lowest BCUT2D eigenvalue weighted by Crippen LogP contribution is -2.45. The molecule has 130 valence electrons. The molecule has 2 saturated heterocycles. The number of hydrogen-bond donors (Lipinski definition) is 1. The summed E-state index contributed by atoms with van der Waals surface area (Å²) in [6.45, 7) is 16.1. The molecule has 0 aromatic heterocycles. The van der Waals surface area contributed by atoms with Crippen LogP contribution in [0.2, 0.25) is 0 Å². The third-order valence-electron chi connectivity index (χ3n) is 4.80. The van der Waals surface area contributed by atoms with Crippen molar-refractivity contribution in [3.8, 4) is 0 Å². The van der Waals surface area contributed by atoms with Gasteiger partial charge in [0.15, 0.2) is 0 Å². The summed E-state index contributed by atoms with van der Waals surface area (Å²) in [4.78, 5) is 5.12. The third-order valence-corrected chi connectivity index (χ3v) is 4.80. The van der Waals surface area contributed by atoms with E-state index in [1.807, 2.05) is 0 Å². The normalized spacial score (nSPS) is 23.7. The molecule has 22 heavy (non-hydrogen) atoms. The average Bonchev–Trinajstić information content (AvgIpc) is 2.48. The van der Waals surface area contributed by atoms with E-state index in [-0.39, 0.29) is 0 Å². The predicted molar refractivity (Wildman–Crippen MR) is 93.1 cm³/mol. The second-order valence-electron chi connectivity index (χ2n) is 7.86. The van der Waals surface area contributed by atoms with E-state index in [1.165, 1.54) is 58.4 Å². The van der Waals surface area contributed by atoms with E-state index < -0.39 is 0 Å². The Labute approximate surface area is 137 Å². The molecule has 0 amide bonds. The van der Waals surface area contributed by atoms with Gasteiger partial charge in [0, 0.05) is 45.4 Å². The third kappa shape index (κ3) is 6.53. The molecule has 2 fully saturated rings. The van der Waals surface area contributed by atoms with Crippen LogP contribution in [0, 0.1) is 5.92 Å². The zero-order chi connectivity index (χ0) is 15.9. The van der Waals surface area contributed by atoms with Gasteiger partial charge in [0.2, 0.25) is 0 Å². The summed E-state index contributed by atoms with van der Waals surface area (Å²) >= 11 is 0. The number of nitrogens with one attached hydrogen (secondary N) is 1. The summed E-state index contributed by atoms with van der Waals surface area (Å²) < 4.78 is 6.39. The van der Waals surface area contributed by atoms with Crippen LogP contribution in [-0.4, -0.2) is 67.4 Å². The molecule has 4 heteroatoms. The van der Waals surface area contributed by atoms with Crippen LogP contribution in [0.15, 0.2) is 0 Å². The Bertz CT molecular complexity index is 293. The molecule has 0 aromatic rings. The maximum atomic E-state index is 6.39. The molecule has 4 nitrogen and oxygen atoms in total. The van der Waals surface area contributed by atoms with Gasteiger partial charge in [-0.3, -0.25) is 4.90 Å². The maximum absolute atomic E-state index is 6.39. The van der Waals surface area contributed by atoms with Gasteiger partial charge < -0.3 is 15.0 Å². The Morgan fingerprint density at radius 3 is 1.82 bits per heavy atom. The number of rotatable bonds is 7. The molecule has 0 radical (unpaired) electrons. The molecule has 2 aliphatic heterocycles. The minimum Gasteiger partial charge on any atom is -0.375 e. The second kappa shape index (κ2) is 9.21. The largest absolute Gasteiger partial charge is 0.375 e. The monoisotopic (exact) mass is 311 g/mol. The molecule has 2 heterocycles. The van der Waals surface area contributed by atoms with Crippen LogP contribution in [0.3, 0.4) is 0 Å². The van der Waals surface area contributed by atoms with E-state index in [9.17, 15) is 0 Å². The summed E-state index contributed by atoms with van der Waals surface area (Å²) in [7, 11) is 0. The molecule has 2 aliphatic rings. The Hall–Kier alpha value is -0.160. The van der Waals surface area contributed by atoms with Gasteiger partial charge in [-0.15, -0.1) is 0 Å². The molecular weight excluding hydrogens is 274 g/mol. The summed E-state index contributed by atoms with van der Waals surface area (Å²) in [6.07, 6.45) is 5.85. The minimum absolute atomic E-state index is 0.497. The fraction of sp³-hybridized carbons (Fsp3) is 1.00. The van der Waals surface area contributed by atoms with Gasteiger partial charge in [-0.05, 0) is 45.4 Å². The molecule has 1 N–H and O–H groups in total. The van der Waals surface area contributed by atoms with Crippen LogP contribution in [0.5, 0.6) is 0 Å². The Kier molecular flexibility index (Phi) is 7.61. The van der Waals surface area contributed by atoms with Crippen LogP contribution in [0.25, 0.3) is 0 Å². The summed E-state index contributed by atoms with van der Waals surface area (Å²) in [6, 6.07) is 0.574. The number of likely N-dealkylation sites (tertiary alicyclic amines) is 2. The SMILES string of the molecule is CC(C)CN1CCC(OC2CCN(CNC(C)C)CC2)CC1. The van der Waals surface area contributed by atoms with Crippen molar-refractivity contribution >= 4 is 0 Å². The fourth-order valence-electron chi connectivity index (χ4n) is 3.53. The molecule has 0 aromatic carbocycles. The smallest absolute Gasteiger partial charge is 0.0603 e. The first kappa shape index (κ1) is 18.2. The van der Waals surface area contributed by atoms with Gasteiger partial charge in [0.05, 0.1) is 12.2 Å². The van der Waals surface area contributed by atoms with E-state index in [0.717, 1.165) is 12.6 Å². The van der Waals surface area contributed by atoms with Gasteiger partial charge in [-0.1, -0.05) is 13.8 Å². The van der Waals surface area contributed by atoms with Crippen molar-refractivity contribution in [2.24, 2.45) is 5.92 Å². The van der Waals surface area contributed by atoms with Crippen molar-refractivity contribution in [2.75, 3.05) is 39.4 Å². The van der Waals surface area contributed by atoms with E-state index in [1.54, 1.807) is 0 Å². The van der Waals surface area contributed by atoms with E-state index in [2.05, 4.69) is 42.8 Å². The van der Waals surface area contributed by atoms with Crippen molar-refractivity contribution in [3.05, 3.63) is 0 Å². The number of hydrogen-bond acceptors (Lipinski definition) is 4. The zero-order valence-electron chi connectivity index (χ0n) is 15.2. The van der Waals surface area contributed by atoms with Crippen molar-refractivity contribution in [1.82, 2.24) is 15.1 Å². The standard InChI is InChI=1S/C18H37N3O/c1-15(2)13-20-9-5-17(6-10-20)22-18-7-11-21(12-8-18)14-19-16(3)4/h15-19H,5-14H2,1-4H3. The van der Waals surface area contributed by atoms with E-state index >= 15 is 0 Å². The Morgan fingerprint density at radius 1 is 0.864 bits per heavy atom. The molecule has 0 spiro atoms. The van der Waals surface area contributed by atoms with Gasteiger partial charge >= 0.3 is 0 Å². The molecule has 0 unspecified atom stereocenters. The van der Waals surface area contributed by atoms with Crippen LogP contribution >= 0.6 is 0 Å². The molecule has 0 bridgehead atoms. The lowest BCUT2D eigenvalue weighted by molar-refractivity contribution is -0.0663. The van der Waals surface area contributed by atoms with Crippen LogP contribution < -0.4 is 5.32 Å². The maximum Gasteiger partial charge on any atom is 0.0603 e. The summed E-state index contributed by atoms with van der Waals surface area (Å²) in [5, 5.41) is 3.51. The number of piperidine rings is 2. The second-order valence-corrected chi connectivity index (χ2v) is 7.86. The van der Waals surface area contributed by atoms with Crippen LogP contribution in [0.1, 0.15) is 53.4 Å². The van der Waals surface area contributed by atoms with Gasteiger partial charge in [0.1, 0.15) is 0 Å². The Morgan fingerprint density at radius 2 is 1.36 bits per heavy atom. The fourth-order valence-corrected chi connectivity index (χ4v) is 3.53. The Balaban J connectivity index is 1.59. The predicted octanol–water partition coefficient (Wildman–Crippen LogP) is 2.54. The van der Waals surface area contributed by atoms with Crippen molar-refractivity contribution in [3.63, 3.8) is 0 Å². The first-order chi connectivity index (χ1) is 10.5.